The SMILES string of the molecule is CC(=O)N(CC#N)c1ccc(Br)c(C)c1.CC(=O)OC(C)=O.Cc1cc(CCC#N)ccc1Br. The smallest absolute Gasteiger partial charge is 0.310 e. The van der Waals surface area contributed by atoms with E-state index >= 15 is 0 Å². The van der Waals surface area contributed by atoms with Crippen LogP contribution in [0.2, 0.25) is 0 Å². The second kappa shape index (κ2) is 16.6. The van der Waals surface area contributed by atoms with Crippen molar-refractivity contribution in [3.63, 3.8) is 0 Å². The van der Waals surface area contributed by atoms with Crippen LogP contribution in [-0.2, 0) is 25.5 Å². The summed E-state index contributed by atoms with van der Waals surface area (Å²) in [5, 5.41) is 17.0. The number of carbonyl (C=O) groups is 3. The van der Waals surface area contributed by atoms with E-state index in [1.54, 1.807) is 0 Å². The molecule has 0 aliphatic rings. The third-order valence-electron chi connectivity index (χ3n) is 4.10. The molecule has 0 saturated heterocycles. The molecule has 0 heterocycles. The maximum Gasteiger partial charge on any atom is 0.310 e. The van der Waals surface area contributed by atoms with Crippen LogP contribution >= 0.6 is 31.9 Å². The van der Waals surface area contributed by atoms with Gasteiger partial charge in [-0.3, -0.25) is 19.3 Å². The first kappa shape index (κ1) is 31.0. The van der Waals surface area contributed by atoms with Crippen molar-refractivity contribution in [1.29, 1.82) is 10.5 Å². The predicted molar refractivity (Wildman–Crippen MR) is 138 cm³/mol. The average molecular weight is 593 g/mol. The number of anilines is 1. The molecular formula is C25H27Br2N3O4. The molecule has 34 heavy (non-hydrogen) atoms. The summed E-state index contributed by atoms with van der Waals surface area (Å²) in [7, 11) is 0. The number of nitriles is 2. The number of benzene rings is 2. The van der Waals surface area contributed by atoms with Crippen LogP contribution in [0, 0.1) is 36.5 Å². The molecule has 0 saturated carbocycles. The van der Waals surface area contributed by atoms with E-state index in [1.165, 1.54) is 36.8 Å². The number of carbonyl (C=O) groups excluding carboxylic acids is 3. The van der Waals surface area contributed by atoms with Gasteiger partial charge in [0, 0.05) is 41.8 Å². The van der Waals surface area contributed by atoms with Gasteiger partial charge in [-0.15, -0.1) is 0 Å². The number of halogens is 2. The van der Waals surface area contributed by atoms with Gasteiger partial charge in [-0.2, -0.15) is 10.5 Å². The summed E-state index contributed by atoms with van der Waals surface area (Å²) in [6, 6.07) is 15.9. The Morgan fingerprint density at radius 2 is 1.41 bits per heavy atom. The molecule has 9 heteroatoms. The minimum Gasteiger partial charge on any atom is -0.394 e. The highest BCUT2D eigenvalue weighted by atomic mass is 79.9. The molecule has 0 aliphatic carbocycles. The highest BCUT2D eigenvalue weighted by molar-refractivity contribution is 9.10. The minimum absolute atomic E-state index is 0.0798. The van der Waals surface area contributed by atoms with E-state index in [1.807, 2.05) is 37.3 Å². The number of ether oxygens (including phenoxy) is 1. The van der Waals surface area contributed by atoms with Crippen molar-refractivity contribution in [2.24, 2.45) is 0 Å². The number of nitrogens with zero attached hydrogens (tertiary/aromatic N) is 3. The van der Waals surface area contributed by atoms with Crippen molar-refractivity contribution in [1.82, 2.24) is 0 Å². The molecule has 2 aromatic rings. The average Bonchev–Trinajstić information content (AvgIpc) is 2.74. The summed E-state index contributed by atoms with van der Waals surface area (Å²) in [6.45, 7) is 7.89. The quantitative estimate of drug-likeness (QED) is 0.247. The van der Waals surface area contributed by atoms with E-state index < -0.39 is 11.9 Å². The highest BCUT2D eigenvalue weighted by Crippen LogP contribution is 2.23. The number of hydrogen-bond donors (Lipinski definition) is 0. The molecule has 0 bridgehead atoms. The number of hydrogen-bond acceptors (Lipinski definition) is 6. The Hall–Kier alpha value is -3.01. The van der Waals surface area contributed by atoms with Crippen molar-refractivity contribution >= 4 is 55.4 Å². The van der Waals surface area contributed by atoms with Crippen molar-refractivity contribution in [3.05, 3.63) is 62.0 Å². The Morgan fingerprint density at radius 3 is 1.79 bits per heavy atom. The molecule has 7 nitrogen and oxygen atoms in total. The second-order valence-corrected chi connectivity index (χ2v) is 8.73. The molecule has 0 N–H and O–H groups in total. The van der Waals surface area contributed by atoms with Crippen LogP contribution in [0.5, 0.6) is 0 Å². The molecule has 180 valence electrons. The highest BCUT2D eigenvalue weighted by Gasteiger charge is 2.11. The largest absolute Gasteiger partial charge is 0.394 e. The lowest BCUT2D eigenvalue weighted by Gasteiger charge is -2.18. The van der Waals surface area contributed by atoms with Gasteiger partial charge in [0.2, 0.25) is 5.91 Å². The van der Waals surface area contributed by atoms with Crippen molar-refractivity contribution in [3.8, 4) is 12.1 Å². The molecule has 0 aromatic heterocycles. The van der Waals surface area contributed by atoms with Crippen LogP contribution in [0.3, 0.4) is 0 Å². The van der Waals surface area contributed by atoms with Crippen LogP contribution in [0.1, 0.15) is 43.9 Å². The fourth-order valence-corrected chi connectivity index (χ4v) is 3.01. The lowest BCUT2D eigenvalue weighted by molar-refractivity contribution is -0.156. The maximum absolute atomic E-state index is 11.3. The Morgan fingerprint density at radius 1 is 0.882 bits per heavy atom. The standard InChI is InChI=1S/C11H11BrN2O.C10H10BrN.C4H6O3/c1-8-7-10(3-4-11(8)12)14(6-5-13)9(2)15;1-8-7-9(3-2-6-12)4-5-10(8)11;1-3(5)7-4(2)6/h3-4,7H,6H2,1-2H3;4-5,7H,2-3H2,1H3;1-2H3. The van der Waals surface area contributed by atoms with Gasteiger partial charge < -0.3 is 4.74 Å². The van der Waals surface area contributed by atoms with Crippen molar-refractivity contribution in [2.45, 2.75) is 47.5 Å². The minimum atomic E-state index is -0.562. The first-order valence-corrected chi connectivity index (χ1v) is 11.7. The zero-order valence-corrected chi connectivity index (χ0v) is 23.0. The first-order valence-electron chi connectivity index (χ1n) is 10.1. The summed E-state index contributed by atoms with van der Waals surface area (Å²) in [6.07, 6.45) is 1.45. The Bertz CT molecular complexity index is 1080. The van der Waals surface area contributed by atoms with Gasteiger partial charge in [0.05, 0.1) is 12.1 Å². The number of aryl methyl sites for hydroxylation is 3. The van der Waals surface area contributed by atoms with Crippen LogP contribution in [0.25, 0.3) is 0 Å². The van der Waals surface area contributed by atoms with Gasteiger partial charge in [0.15, 0.2) is 0 Å². The van der Waals surface area contributed by atoms with Crippen LogP contribution in [0.15, 0.2) is 45.3 Å². The topological polar surface area (TPSA) is 111 Å². The summed E-state index contributed by atoms with van der Waals surface area (Å²) >= 11 is 6.82. The summed E-state index contributed by atoms with van der Waals surface area (Å²) in [5.74, 6) is -1.25. The normalized spacial score (nSPS) is 9.09. The summed E-state index contributed by atoms with van der Waals surface area (Å²) < 4.78 is 6.09. The Labute approximate surface area is 217 Å². The van der Waals surface area contributed by atoms with Gasteiger partial charge >= 0.3 is 11.9 Å². The van der Waals surface area contributed by atoms with Gasteiger partial charge in [-0.25, -0.2) is 0 Å². The molecule has 1 amide bonds. The molecule has 0 spiro atoms. The van der Waals surface area contributed by atoms with E-state index in [0.29, 0.717) is 6.42 Å². The van der Waals surface area contributed by atoms with E-state index in [4.69, 9.17) is 10.5 Å². The molecule has 2 rings (SSSR count). The van der Waals surface area contributed by atoms with Crippen molar-refractivity contribution < 1.29 is 19.1 Å². The fourth-order valence-electron chi connectivity index (χ4n) is 2.52. The summed E-state index contributed by atoms with van der Waals surface area (Å²) in [5.41, 5.74) is 4.25. The van der Waals surface area contributed by atoms with E-state index in [0.717, 1.165) is 26.6 Å². The lowest BCUT2D eigenvalue weighted by Crippen LogP contribution is -2.28. The third kappa shape index (κ3) is 12.9. The second-order valence-electron chi connectivity index (χ2n) is 7.02. The van der Waals surface area contributed by atoms with Crippen LogP contribution < -0.4 is 4.90 Å². The molecule has 2 aromatic carbocycles. The summed E-state index contributed by atoms with van der Waals surface area (Å²) in [4.78, 5) is 32.4. The van der Waals surface area contributed by atoms with Crippen LogP contribution in [-0.4, -0.2) is 24.4 Å². The Kier molecular flexibility index (Phi) is 15.1. The van der Waals surface area contributed by atoms with Gasteiger partial charge in [-0.1, -0.05) is 44.0 Å². The molecule has 0 aliphatic heterocycles. The van der Waals surface area contributed by atoms with Gasteiger partial charge in [0.25, 0.3) is 0 Å². The molecule has 0 unspecified atom stereocenters. The lowest BCUT2D eigenvalue weighted by atomic mass is 10.1. The van der Waals surface area contributed by atoms with Gasteiger partial charge in [-0.05, 0) is 61.2 Å². The number of esters is 2. The zero-order valence-electron chi connectivity index (χ0n) is 19.8. The monoisotopic (exact) mass is 591 g/mol. The maximum atomic E-state index is 11.3. The fraction of sp³-hybridized carbons (Fsp3) is 0.320. The van der Waals surface area contributed by atoms with E-state index in [2.05, 4.69) is 61.7 Å². The molecule has 0 atom stereocenters. The number of rotatable bonds is 4. The molecule has 0 radical (unpaired) electrons. The predicted octanol–water partition coefficient (Wildman–Crippen LogP) is 5.94. The first-order chi connectivity index (χ1) is 15.9. The number of amides is 1. The third-order valence-corrected chi connectivity index (χ3v) is 5.88. The zero-order chi connectivity index (χ0) is 26.3. The molecular weight excluding hydrogens is 566 g/mol. The van der Waals surface area contributed by atoms with E-state index in [9.17, 15) is 14.4 Å². The van der Waals surface area contributed by atoms with Gasteiger partial charge in [0.1, 0.15) is 6.54 Å². The van der Waals surface area contributed by atoms with E-state index in [-0.39, 0.29) is 12.5 Å². The Balaban J connectivity index is 0.000000514. The van der Waals surface area contributed by atoms with Crippen LogP contribution in [0.4, 0.5) is 5.69 Å². The van der Waals surface area contributed by atoms with Crippen molar-refractivity contribution in [2.75, 3.05) is 11.4 Å². The molecule has 0 fully saturated rings.